The number of H-pyrrole nitrogens is 1. The molecule has 5 rings (SSSR count). The minimum atomic E-state index is -1.09. The zero-order valence-corrected chi connectivity index (χ0v) is 21.8. The predicted molar refractivity (Wildman–Crippen MR) is 144 cm³/mol. The van der Waals surface area contributed by atoms with E-state index in [4.69, 9.17) is 10.5 Å². The standard InChI is InChI=1S/C28H31FN6O5/c29-20-5-3-4-18(14-20)27(38)34-8-9-35(28(39)33-10-12-40-13-11-33)24(17-34)26(37)32-23(25(30)36)15-19-16-31-22-7-2-1-6-21(19)22/h1-7,14,16,23-24,31H,8-13,15,17H2,(H2,30,36)(H,32,37). The number of para-hydroxylation sites is 1. The highest BCUT2D eigenvalue weighted by Crippen LogP contribution is 2.21. The molecule has 2 aromatic carbocycles. The molecule has 0 bridgehead atoms. The Labute approximate surface area is 230 Å². The van der Waals surface area contributed by atoms with Crippen molar-refractivity contribution in [3.8, 4) is 0 Å². The summed E-state index contributed by atoms with van der Waals surface area (Å²) in [5.74, 6) is -2.35. The van der Waals surface area contributed by atoms with Gasteiger partial charge in [-0.2, -0.15) is 0 Å². The Balaban J connectivity index is 1.37. The number of nitrogens with zero attached hydrogens (tertiary/aromatic N) is 3. The monoisotopic (exact) mass is 550 g/mol. The van der Waals surface area contributed by atoms with E-state index in [0.717, 1.165) is 22.5 Å². The molecule has 0 radical (unpaired) electrons. The molecule has 0 aliphatic carbocycles. The van der Waals surface area contributed by atoms with E-state index in [1.165, 1.54) is 28.0 Å². The summed E-state index contributed by atoms with van der Waals surface area (Å²) in [6.07, 6.45) is 1.90. The molecule has 1 aromatic heterocycles. The minimum Gasteiger partial charge on any atom is -0.378 e. The first-order chi connectivity index (χ1) is 19.3. The first-order valence-electron chi connectivity index (χ1n) is 13.1. The highest BCUT2D eigenvalue weighted by molar-refractivity contribution is 5.96. The summed E-state index contributed by atoms with van der Waals surface area (Å²) in [6, 6.07) is 10.4. The Bertz CT molecular complexity index is 1420. The van der Waals surface area contributed by atoms with Gasteiger partial charge in [-0.05, 0) is 29.8 Å². The van der Waals surface area contributed by atoms with Crippen LogP contribution in [0.5, 0.6) is 0 Å². The van der Waals surface area contributed by atoms with Crippen LogP contribution in [0, 0.1) is 5.82 Å². The van der Waals surface area contributed by atoms with Gasteiger partial charge in [0.25, 0.3) is 5.91 Å². The SMILES string of the molecule is NC(=O)C(Cc1c[nH]c2ccccc12)NC(=O)C1CN(C(=O)c2cccc(F)c2)CCN1C(=O)N1CCOCC1. The Morgan fingerprint density at radius 3 is 2.55 bits per heavy atom. The second-order valence-electron chi connectivity index (χ2n) is 9.88. The lowest BCUT2D eigenvalue weighted by molar-refractivity contribution is -0.131. The van der Waals surface area contributed by atoms with Crippen molar-refractivity contribution in [3.63, 3.8) is 0 Å². The van der Waals surface area contributed by atoms with Gasteiger partial charge >= 0.3 is 6.03 Å². The van der Waals surface area contributed by atoms with Gasteiger partial charge in [-0.25, -0.2) is 9.18 Å². The van der Waals surface area contributed by atoms with Crippen molar-refractivity contribution in [1.29, 1.82) is 0 Å². The van der Waals surface area contributed by atoms with Crippen molar-refractivity contribution < 1.29 is 28.3 Å². The van der Waals surface area contributed by atoms with Gasteiger partial charge in [-0.15, -0.1) is 0 Å². The Hall–Kier alpha value is -4.45. The second kappa shape index (κ2) is 11.7. The fraction of sp³-hybridized carbons (Fsp3) is 0.357. The molecule has 3 heterocycles. The molecule has 0 spiro atoms. The summed E-state index contributed by atoms with van der Waals surface area (Å²) < 4.78 is 19.1. The van der Waals surface area contributed by atoms with Crippen molar-refractivity contribution in [3.05, 3.63) is 71.7 Å². The number of morpholine rings is 1. The van der Waals surface area contributed by atoms with Gasteiger partial charge in [-0.3, -0.25) is 14.4 Å². The molecule has 2 saturated heterocycles. The Morgan fingerprint density at radius 1 is 1.02 bits per heavy atom. The van der Waals surface area contributed by atoms with Crippen LogP contribution >= 0.6 is 0 Å². The quantitative estimate of drug-likeness (QED) is 0.422. The molecule has 3 aromatic rings. The first-order valence-corrected chi connectivity index (χ1v) is 13.1. The average Bonchev–Trinajstić information content (AvgIpc) is 3.38. The summed E-state index contributed by atoms with van der Waals surface area (Å²) >= 11 is 0. The minimum absolute atomic E-state index is 0.0824. The normalized spacial score (nSPS) is 18.4. The van der Waals surface area contributed by atoms with Crippen molar-refractivity contribution >= 4 is 34.7 Å². The molecule has 0 saturated carbocycles. The first kappa shape index (κ1) is 27.1. The van der Waals surface area contributed by atoms with Crippen LogP contribution in [0.3, 0.4) is 0 Å². The molecule has 2 aliphatic rings. The third-order valence-electron chi connectivity index (χ3n) is 7.33. The van der Waals surface area contributed by atoms with Crippen LogP contribution < -0.4 is 11.1 Å². The van der Waals surface area contributed by atoms with Crippen LogP contribution in [0.4, 0.5) is 9.18 Å². The van der Waals surface area contributed by atoms with E-state index in [-0.39, 0.29) is 37.6 Å². The molecule has 4 N–H and O–H groups in total. The van der Waals surface area contributed by atoms with Crippen LogP contribution in [0.15, 0.2) is 54.7 Å². The molecule has 40 heavy (non-hydrogen) atoms. The van der Waals surface area contributed by atoms with Gasteiger partial charge in [0.1, 0.15) is 17.9 Å². The molecule has 2 unspecified atom stereocenters. The molecule has 5 amide bonds. The van der Waals surface area contributed by atoms with E-state index in [1.807, 2.05) is 24.3 Å². The van der Waals surface area contributed by atoms with Gasteiger partial charge in [0.05, 0.1) is 19.8 Å². The summed E-state index contributed by atoms with van der Waals surface area (Å²) in [7, 11) is 0. The van der Waals surface area contributed by atoms with Crippen LogP contribution in [0.2, 0.25) is 0 Å². The predicted octanol–water partition coefficient (Wildman–Crippen LogP) is 1.10. The lowest BCUT2D eigenvalue weighted by atomic mass is 10.0. The van der Waals surface area contributed by atoms with Gasteiger partial charge in [-0.1, -0.05) is 24.3 Å². The number of halogens is 1. The van der Waals surface area contributed by atoms with Crippen molar-refractivity contribution in [1.82, 2.24) is 25.0 Å². The number of carbonyl (C=O) groups is 4. The lowest BCUT2D eigenvalue weighted by Gasteiger charge is -2.43. The van der Waals surface area contributed by atoms with Crippen molar-refractivity contribution in [2.24, 2.45) is 5.73 Å². The number of amides is 5. The smallest absolute Gasteiger partial charge is 0.320 e. The summed E-state index contributed by atoms with van der Waals surface area (Å²) in [5, 5.41) is 3.62. The number of ether oxygens (including phenoxy) is 1. The maximum atomic E-state index is 13.8. The van der Waals surface area contributed by atoms with Crippen LogP contribution in [0.25, 0.3) is 10.9 Å². The summed E-state index contributed by atoms with van der Waals surface area (Å²) in [4.78, 5) is 60.3. The third kappa shape index (κ3) is 5.76. The fourth-order valence-corrected chi connectivity index (χ4v) is 5.17. The summed E-state index contributed by atoms with van der Waals surface area (Å²) in [6.45, 7) is 1.63. The zero-order valence-electron chi connectivity index (χ0n) is 21.8. The zero-order chi connectivity index (χ0) is 28.2. The molecule has 2 fully saturated rings. The molecule has 2 atom stereocenters. The average molecular weight is 551 g/mol. The number of aromatic amines is 1. The van der Waals surface area contributed by atoms with Crippen LogP contribution in [-0.2, 0) is 20.7 Å². The number of piperazine rings is 1. The van der Waals surface area contributed by atoms with E-state index in [2.05, 4.69) is 10.3 Å². The number of primary amides is 1. The maximum absolute atomic E-state index is 13.8. The molecular weight excluding hydrogens is 519 g/mol. The summed E-state index contributed by atoms with van der Waals surface area (Å²) in [5.41, 5.74) is 7.51. The van der Waals surface area contributed by atoms with Crippen molar-refractivity contribution in [2.75, 3.05) is 45.9 Å². The Morgan fingerprint density at radius 2 is 1.80 bits per heavy atom. The number of nitrogens with one attached hydrogen (secondary N) is 2. The molecular formula is C28H31FN6O5. The Kier molecular flexibility index (Phi) is 7.96. The van der Waals surface area contributed by atoms with Gasteiger partial charge in [0, 0.05) is 55.3 Å². The molecule has 2 aliphatic heterocycles. The fourth-order valence-electron chi connectivity index (χ4n) is 5.17. The van der Waals surface area contributed by atoms with Gasteiger partial charge in [0.2, 0.25) is 11.8 Å². The number of aromatic nitrogens is 1. The molecule has 11 nitrogen and oxygen atoms in total. The van der Waals surface area contributed by atoms with E-state index in [9.17, 15) is 23.6 Å². The van der Waals surface area contributed by atoms with E-state index < -0.39 is 35.6 Å². The highest BCUT2D eigenvalue weighted by atomic mass is 19.1. The van der Waals surface area contributed by atoms with Crippen LogP contribution in [0.1, 0.15) is 15.9 Å². The molecule has 210 valence electrons. The molecule has 12 heteroatoms. The van der Waals surface area contributed by atoms with Gasteiger partial charge in [0.15, 0.2) is 0 Å². The third-order valence-corrected chi connectivity index (χ3v) is 7.33. The number of benzene rings is 2. The second-order valence-corrected chi connectivity index (χ2v) is 9.88. The largest absolute Gasteiger partial charge is 0.378 e. The van der Waals surface area contributed by atoms with E-state index >= 15 is 0 Å². The number of hydrogen-bond acceptors (Lipinski definition) is 5. The lowest BCUT2D eigenvalue weighted by Crippen LogP contribution is -2.65. The number of nitrogens with two attached hydrogens (primary N) is 1. The number of hydrogen-bond donors (Lipinski definition) is 3. The number of urea groups is 1. The highest BCUT2D eigenvalue weighted by Gasteiger charge is 2.40. The van der Waals surface area contributed by atoms with Crippen molar-refractivity contribution in [2.45, 2.75) is 18.5 Å². The van der Waals surface area contributed by atoms with Crippen LogP contribution in [-0.4, -0.2) is 101 Å². The topological polar surface area (TPSA) is 141 Å². The maximum Gasteiger partial charge on any atom is 0.320 e. The number of carbonyl (C=O) groups excluding carboxylic acids is 4. The van der Waals surface area contributed by atoms with E-state index in [1.54, 1.807) is 11.1 Å². The van der Waals surface area contributed by atoms with Gasteiger partial charge < -0.3 is 35.5 Å². The van der Waals surface area contributed by atoms with E-state index in [0.29, 0.717) is 26.3 Å². The number of fused-ring (bicyclic) bond motifs is 1. The number of rotatable bonds is 6.